The molecule has 2 atom stereocenters. The smallest absolute Gasteiger partial charge is 0.237 e. The van der Waals surface area contributed by atoms with Gasteiger partial charge in [0, 0.05) is 6.20 Å². The van der Waals surface area contributed by atoms with Gasteiger partial charge < -0.3 is 11.1 Å². The maximum absolute atomic E-state index is 11.7. The average molecular weight is 221 g/mol. The summed E-state index contributed by atoms with van der Waals surface area (Å²) in [6.07, 6.45) is 3.33. The normalized spacial score (nSPS) is 14.2. The van der Waals surface area contributed by atoms with Crippen LogP contribution in [-0.2, 0) is 4.79 Å². The first-order valence-corrected chi connectivity index (χ1v) is 5.62. The molecule has 16 heavy (non-hydrogen) atoms. The second-order valence-electron chi connectivity index (χ2n) is 3.88. The summed E-state index contributed by atoms with van der Waals surface area (Å²) in [7, 11) is 0. The van der Waals surface area contributed by atoms with Gasteiger partial charge in [0.1, 0.15) is 0 Å². The van der Waals surface area contributed by atoms with Crippen molar-refractivity contribution in [2.75, 3.05) is 0 Å². The quantitative estimate of drug-likeness (QED) is 0.789. The third kappa shape index (κ3) is 3.62. The fraction of sp³-hybridized carbons (Fsp3) is 0.500. The molecule has 0 bridgehead atoms. The highest BCUT2D eigenvalue weighted by Gasteiger charge is 2.15. The third-order valence-electron chi connectivity index (χ3n) is 2.43. The van der Waals surface area contributed by atoms with Gasteiger partial charge in [0.25, 0.3) is 0 Å². The molecular weight excluding hydrogens is 202 g/mol. The molecule has 0 fully saturated rings. The Hall–Kier alpha value is -1.42. The van der Waals surface area contributed by atoms with Crippen LogP contribution in [0.5, 0.6) is 0 Å². The zero-order valence-corrected chi connectivity index (χ0v) is 9.81. The minimum Gasteiger partial charge on any atom is -0.347 e. The van der Waals surface area contributed by atoms with Crippen molar-refractivity contribution in [2.24, 2.45) is 5.73 Å². The predicted octanol–water partition coefficient (Wildman–Crippen LogP) is 1.39. The van der Waals surface area contributed by atoms with Gasteiger partial charge in [-0.05, 0) is 25.5 Å². The van der Waals surface area contributed by atoms with Crippen molar-refractivity contribution >= 4 is 5.91 Å². The first-order valence-electron chi connectivity index (χ1n) is 5.62. The van der Waals surface area contributed by atoms with E-state index in [9.17, 15) is 4.79 Å². The molecule has 1 rings (SSSR count). The fourth-order valence-electron chi connectivity index (χ4n) is 1.47. The van der Waals surface area contributed by atoms with Gasteiger partial charge in [0.05, 0.1) is 17.8 Å². The lowest BCUT2D eigenvalue weighted by atomic mass is 10.1. The van der Waals surface area contributed by atoms with Gasteiger partial charge in [-0.25, -0.2) is 0 Å². The molecule has 1 aromatic heterocycles. The molecule has 0 saturated heterocycles. The molecule has 0 unspecified atom stereocenters. The number of pyridine rings is 1. The van der Waals surface area contributed by atoms with E-state index in [0.717, 1.165) is 12.1 Å². The topological polar surface area (TPSA) is 68.0 Å². The van der Waals surface area contributed by atoms with E-state index in [1.807, 2.05) is 32.0 Å². The number of carbonyl (C=O) groups excluding carboxylic acids is 1. The van der Waals surface area contributed by atoms with Gasteiger partial charge >= 0.3 is 0 Å². The van der Waals surface area contributed by atoms with Crippen molar-refractivity contribution in [1.29, 1.82) is 0 Å². The van der Waals surface area contributed by atoms with E-state index >= 15 is 0 Å². The van der Waals surface area contributed by atoms with Crippen LogP contribution >= 0.6 is 0 Å². The molecule has 0 aliphatic carbocycles. The van der Waals surface area contributed by atoms with Gasteiger partial charge in [-0.2, -0.15) is 0 Å². The maximum atomic E-state index is 11.7. The van der Waals surface area contributed by atoms with Crippen molar-refractivity contribution < 1.29 is 4.79 Å². The molecule has 4 nitrogen and oxygen atoms in total. The largest absolute Gasteiger partial charge is 0.347 e. The minimum absolute atomic E-state index is 0.100. The van der Waals surface area contributed by atoms with Crippen LogP contribution in [0.15, 0.2) is 24.4 Å². The van der Waals surface area contributed by atoms with Crippen molar-refractivity contribution in [3.8, 4) is 0 Å². The summed E-state index contributed by atoms with van der Waals surface area (Å²) in [5, 5.41) is 2.85. The van der Waals surface area contributed by atoms with Gasteiger partial charge in [-0.3, -0.25) is 9.78 Å². The Kier molecular flexibility index (Phi) is 4.92. The summed E-state index contributed by atoms with van der Waals surface area (Å²) in [6.45, 7) is 3.91. The molecule has 88 valence electrons. The summed E-state index contributed by atoms with van der Waals surface area (Å²) in [6, 6.07) is 5.11. The second kappa shape index (κ2) is 6.23. The summed E-state index contributed by atoms with van der Waals surface area (Å²) in [5.41, 5.74) is 6.57. The van der Waals surface area contributed by atoms with Crippen LogP contribution in [0.3, 0.4) is 0 Å². The number of nitrogens with two attached hydrogens (primary N) is 1. The number of amides is 1. The van der Waals surface area contributed by atoms with Crippen LogP contribution in [-0.4, -0.2) is 16.9 Å². The monoisotopic (exact) mass is 221 g/mol. The summed E-state index contributed by atoms with van der Waals surface area (Å²) in [5.74, 6) is -0.111. The Labute approximate surface area is 96.3 Å². The van der Waals surface area contributed by atoms with Crippen LogP contribution in [0.25, 0.3) is 0 Å². The van der Waals surface area contributed by atoms with E-state index in [1.165, 1.54) is 0 Å². The van der Waals surface area contributed by atoms with Gasteiger partial charge in [0.2, 0.25) is 5.91 Å². The average Bonchev–Trinajstić information content (AvgIpc) is 2.30. The van der Waals surface area contributed by atoms with Crippen LogP contribution in [0.2, 0.25) is 0 Å². The minimum atomic E-state index is -0.420. The molecule has 0 saturated carbocycles. The summed E-state index contributed by atoms with van der Waals surface area (Å²) in [4.78, 5) is 15.8. The van der Waals surface area contributed by atoms with Crippen LogP contribution in [0.4, 0.5) is 0 Å². The SMILES string of the molecule is CCC[C@@H](N)C(=O)N[C@H](C)c1ccccn1. The number of hydrogen-bond donors (Lipinski definition) is 2. The van der Waals surface area contributed by atoms with Crippen LogP contribution < -0.4 is 11.1 Å². The van der Waals surface area contributed by atoms with E-state index < -0.39 is 6.04 Å². The van der Waals surface area contributed by atoms with Crippen molar-refractivity contribution in [3.63, 3.8) is 0 Å². The number of rotatable bonds is 5. The molecule has 0 spiro atoms. The van der Waals surface area contributed by atoms with Crippen molar-refractivity contribution in [3.05, 3.63) is 30.1 Å². The van der Waals surface area contributed by atoms with Gasteiger partial charge in [0.15, 0.2) is 0 Å². The lowest BCUT2D eigenvalue weighted by molar-refractivity contribution is -0.123. The van der Waals surface area contributed by atoms with E-state index in [0.29, 0.717) is 6.42 Å². The van der Waals surface area contributed by atoms with E-state index in [1.54, 1.807) is 6.20 Å². The van der Waals surface area contributed by atoms with Crippen LogP contribution in [0.1, 0.15) is 38.4 Å². The Morgan fingerprint density at radius 3 is 2.88 bits per heavy atom. The Bertz CT molecular complexity index is 326. The van der Waals surface area contributed by atoms with Gasteiger partial charge in [-0.15, -0.1) is 0 Å². The molecule has 0 aliphatic heterocycles. The van der Waals surface area contributed by atoms with E-state index in [2.05, 4.69) is 10.3 Å². The molecule has 0 aliphatic rings. The zero-order chi connectivity index (χ0) is 12.0. The molecule has 0 radical (unpaired) electrons. The number of nitrogens with zero attached hydrogens (tertiary/aromatic N) is 1. The molecule has 1 heterocycles. The van der Waals surface area contributed by atoms with Crippen molar-refractivity contribution in [2.45, 2.75) is 38.8 Å². The zero-order valence-electron chi connectivity index (χ0n) is 9.81. The Morgan fingerprint density at radius 1 is 1.56 bits per heavy atom. The molecule has 0 aromatic carbocycles. The number of aromatic nitrogens is 1. The maximum Gasteiger partial charge on any atom is 0.237 e. The Balaban J connectivity index is 2.51. The first-order chi connectivity index (χ1) is 7.65. The number of nitrogens with one attached hydrogen (secondary N) is 1. The first kappa shape index (κ1) is 12.6. The molecule has 3 N–H and O–H groups in total. The molecular formula is C12H19N3O. The number of hydrogen-bond acceptors (Lipinski definition) is 3. The van der Waals surface area contributed by atoms with E-state index in [-0.39, 0.29) is 11.9 Å². The second-order valence-corrected chi connectivity index (χ2v) is 3.88. The lowest BCUT2D eigenvalue weighted by Crippen LogP contribution is -2.41. The van der Waals surface area contributed by atoms with Crippen molar-refractivity contribution in [1.82, 2.24) is 10.3 Å². The predicted molar refractivity (Wildman–Crippen MR) is 63.7 cm³/mol. The standard InChI is InChI=1S/C12H19N3O/c1-3-6-10(13)12(16)15-9(2)11-7-4-5-8-14-11/h4-5,7-10H,3,6,13H2,1-2H3,(H,15,16)/t9-,10-/m1/s1. The highest BCUT2D eigenvalue weighted by Crippen LogP contribution is 2.08. The molecule has 4 heteroatoms. The number of carbonyl (C=O) groups is 1. The van der Waals surface area contributed by atoms with E-state index in [4.69, 9.17) is 5.73 Å². The summed E-state index contributed by atoms with van der Waals surface area (Å²) < 4.78 is 0. The van der Waals surface area contributed by atoms with Gasteiger partial charge in [-0.1, -0.05) is 19.4 Å². The Morgan fingerprint density at radius 2 is 2.31 bits per heavy atom. The third-order valence-corrected chi connectivity index (χ3v) is 2.43. The molecule has 1 amide bonds. The highest BCUT2D eigenvalue weighted by atomic mass is 16.2. The molecule has 1 aromatic rings. The summed E-state index contributed by atoms with van der Waals surface area (Å²) >= 11 is 0. The van der Waals surface area contributed by atoms with Crippen LogP contribution in [0, 0.1) is 0 Å². The fourth-order valence-corrected chi connectivity index (χ4v) is 1.47. The highest BCUT2D eigenvalue weighted by molar-refractivity contribution is 5.81. The lowest BCUT2D eigenvalue weighted by Gasteiger charge is -2.16.